The van der Waals surface area contributed by atoms with Gasteiger partial charge in [0.2, 0.25) is 5.91 Å². The molecule has 5 heteroatoms. The monoisotopic (exact) mass is 330 g/mol. The van der Waals surface area contributed by atoms with Gasteiger partial charge in [0, 0.05) is 19.3 Å². The maximum absolute atomic E-state index is 12.5. The molecule has 1 aromatic heterocycles. The maximum atomic E-state index is 12.5. The summed E-state index contributed by atoms with van der Waals surface area (Å²) in [7, 11) is 1.66. The predicted octanol–water partition coefficient (Wildman–Crippen LogP) is 3.49. The summed E-state index contributed by atoms with van der Waals surface area (Å²) < 4.78 is 10.5. The number of ether oxygens (including phenoxy) is 1. The molecule has 0 fully saturated rings. The van der Waals surface area contributed by atoms with Crippen LogP contribution in [0.25, 0.3) is 0 Å². The molecule has 0 aliphatic carbocycles. The minimum absolute atomic E-state index is 0.0363. The van der Waals surface area contributed by atoms with E-state index >= 15 is 0 Å². The Morgan fingerprint density at radius 1 is 1.25 bits per heavy atom. The highest BCUT2D eigenvalue weighted by molar-refractivity contribution is 5.93. The molecule has 0 saturated heterocycles. The van der Waals surface area contributed by atoms with Crippen molar-refractivity contribution in [1.29, 1.82) is 0 Å². The Morgan fingerprint density at radius 2 is 2.04 bits per heavy atom. The number of nitrogens with one attached hydrogen (secondary N) is 1. The van der Waals surface area contributed by atoms with E-state index in [4.69, 9.17) is 9.15 Å². The number of amides is 1. The SMILES string of the molecule is COCCN(CC(=O)Nc1ccccc1C(C)C)Cc1ccco1. The number of methoxy groups -OCH3 is 1. The number of benzene rings is 1. The minimum Gasteiger partial charge on any atom is -0.468 e. The van der Waals surface area contributed by atoms with E-state index in [0.29, 0.717) is 25.6 Å². The zero-order valence-electron chi connectivity index (χ0n) is 14.6. The molecule has 2 aromatic rings. The lowest BCUT2D eigenvalue weighted by Crippen LogP contribution is -2.35. The molecule has 24 heavy (non-hydrogen) atoms. The van der Waals surface area contributed by atoms with Crippen LogP contribution >= 0.6 is 0 Å². The van der Waals surface area contributed by atoms with Crippen LogP contribution in [0.2, 0.25) is 0 Å². The Labute approximate surface area is 143 Å². The Hall–Kier alpha value is -2.11. The van der Waals surface area contributed by atoms with Gasteiger partial charge in [0.1, 0.15) is 5.76 Å². The molecular formula is C19H26N2O3. The third kappa shape index (κ3) is 5.51. The fourth-order valence-electron chi connectivity index (χ4n) is 2.56. The molecule has 5 nitrogen and oxygen atoms in total. The highest BCUT2D eigenvalue weighted by Gasteiger charge is 2.14. The van der Waals surface area contributed by atoms with Crippen LogP contribution in [0.15, 0.2) is 47.1 Å². The van der Waals surface area contributed by atoms with Gasteiger partial charge in [0.25, 0.3) is 0 Å². The van der Waals surface area contributed by atoms with E-state index in [0.717, 1.165) is 17.0 Å². The molecule has 2 rings (SSSR count). The highest BCUT2D eigenvalue weighted by atomic mass is 16.5. The zero-order valence-corrected chi connectivity index (χ0v) is 14.6. The Morgan fingerprint density at radius 3 is 2.71 bits per heavy atom. The lowest BCUT2D eigenvalue weighted by atomic mass is 10.0. The molecule has 0 bridgehead atoms. The first-order valence-corrected chi connectivity index (χ1v) is 8.22. The first-order chi connectivity index (χ1) is 11.6. The van der Waals surface area contributed by atoms with Crippen LogP contribution in [-0.4, -0.2) is 37.6 Å². The van der Waals surface area contributed by atoms with E-state index in [2.05, 4.69) is 19.2 Å². The predicted molar refractivity (Wildman–Crippen MR) is 95.0 cm³/mol. The number of anilines is 1. The topological polar surface area (TPSA) is 54.7 Å². The molecule has 0 atom stereocenters. The summed E-state index contributed by atoms with van der Waals surface area (Å²) in [5.41, 5.74) is 2.02. The van der Waals surface area contributed by atoms with Crippen molar-refractivity contribution in [3.05, 3.63) is 54.0 Å². The standard InChI is InChI=1S/C19H26N2O3/c1-15(2)17-8-4-5-9-18(17)20-19(22)14-21(10-12-23-3)13-16-7-6-11-24-16/h4-9,11,15H,10,12-14H2,1-3H3,(H,20,22). The molecule has 1 amide bonds. The lowest BCUT2D eigenvalue weighted by molar-refractivity contribution is -0.117. The average molecular weight is 330 g/mol. The van der Waals surface area contributed by atoms with Gasteiger partial charge in [-0.2, -0.15) is 0 Å². The van der Waals surface area contributed by atoms with Gasteiger partial charge in [0.15, 0.2) is 0 Å². The Kier molecular flexibility index (Phi) is 7.03. The van der Waals surface area contributed by atoms with Crippen molar-refractivity contribution in [2.45, 2.75) is 26.3 Å². The Bertz CT molecular complexity index is 623. The van der Waals surface area contributed by atoms with Gasteiger partial charge in [0.05, 0.1) is 26.0 Å². The summed E-state index contributed by atoms with van der Waals surface area (Å²) in [6.45, 7) is 6.33. The number of hydrogen-bond acceptors (Lipinski definition) is 4. The third-order valence-corrected chi connectivity index (χ3v) is 3.80. The molecule has 1 heterocycles. The van der Waals surface area contributed by atoms with Crippen LogP contribution in [0.1, 0.15) is 31.1 Å². The maximum Gasteiger partial charge on any atom is 0.238 e. The van der Waals surface area contributed by atoms with Gasteiger partial charge in [-0.05, 0) is 29.7 Å². The Balaban J connectivity index is 1.99. The normalized spacial score (nSPS) is 11.2. The molecule has 0 saturated carbocycles. The van der Waals surface area contributed by atoms with Crippen molar-refractivity contribution in [3.63, 3.8) is 0 Å². The van der Waals surface area contributed by atoms with Gasteiger partial charge in [-0.3, -0.25) is 9.69 Å². The van der Waals surface area contributed by atoms with Crippen molar-refractivity contribution in [3.8, 4) is 0 Å². The molecule has 130 valence electrons. The highest BCUT2D eigenvalue weighted by Crippen LogP contribution is 2.23. The molecule has 1 N–H and O–H groups in total. The summed E-state index contributed by atoms with van der Waals surface area (Å²) in [5.74, 6) is 1.15. The fraction of sp³-hybridized carbons (Fsp3) is 0.421. The third-order valence-electron chi connectivity index (χ3n) is 3.80. The van der Waals surface area contributed by atoms with Crippen molar-refractivity contribution < 1.29 is 13.9 Å². The van der Waals surface area contributed by atoms with E-state index in [1.54, 1.807) is 13.4 Å². The van der Waals surface area contributed by atoms with Crippen LogP contribution in [0, 0.1) is 0 Å². The van der Waals surface area contributed by atoms with E-state index in [-0.39, 0.29) is 12.5 Å². The van der Waals surface area contributed by atoms with Crippen molar-refractivity contribution in [2.75, 3.05) is 32.1 Å². The van der Waals surface area contributed by atoms with Gasteiger partial charge in [-0.25, -0.2) is 0 Å². The van der Waals surface area contributed by atoms with Gasteiger partial charge >= 0.3 is 0 Å². The number of carbonyl (C=O) groups excluding carboxylic acids is 1. The smallest absolute Gasteiger partial charge is 0.238 e. The van der Waals surface area contributed by atoms with Crippen LogP contribution in [0.5, 0.6) is 0 Å². The second-order valence-electron chi connectivity index (χ2n) is 6.07. The largest absolute Gasteiger partial charge is 0.468 e. The van der Waals surface area contributed by atoms with E-state index in [1.807, 2.05) is 41.3 Å². The fourth-order valence-corrected chi connectivity index (χ4v) is 2.56. The van der Waals surface area contributed by atoms with E-state index in [9.17, 15) is 4.79 Å². The lowest BCUT2D eigenvalue weighted by Gasteiger charge is -2.21. The molecule has 0 spiro atoms. The second-order valence-corrected chi connectivity index (χ2v) is 6.07. The molecule has 1 aromatic carbocycles. The van der Waals surface area contributed by atoms with Crippen LogP contribution < -0.4 is 5.32 Å². The van der Waals surface area contributed by atoms with E-state index < -0.39 is 0 Å². The molecular weight excluding hydrogens is 304 g/mol. The van der Waals surface area contributed by atoms with Gasteiger partial charge in [-0.1, -0.05) is 32.0 Å². The molecule has 0 aliphatic rings. The molecule has 0 aliphatic heterocycles. The van der Waals surface area contributed by atoms with Crippen molar-refractivity contribution >= 4 is 11.6 Å². The molecule has 0 unspecified atom stereocenters. The van der Waals surface area contributed by atoms with Crippen molar-refractivity contribution in [1.82, 2.24) is 4.90 Å². The number of para-hydroxylation sites is 1. The van der Waals surface area contributed by atoms with Crippen LogP contribution in [0.4, 0.5) is 5.69 Å². The molecule has 0 radical (unpaired) electrons. The van der Waals surface area contributed by atoms with E-state index in [1.165, 1.54) is 0 Å². The summed E-state index contributed by atoms with van der Waals surface area (Å²) >= 11 is 0. The minimum atomic E-state index is -0.0363. The summed E-state index contributed by atoms with van der Waals surface area (Å²) in [5, 5.41) is 3.03. The second kappa shape index (κ2) is 9.25. The quantitative estimate of drug-likeness (QED) is 0.765. The van der Waals surface area contributed by atoms with Gasteiger partial charge in [-0.15, -0.1) is 0 Å². The summed E-state index contributed by atoms with van der Waals surface area (Å²) in [4.78, 5) is 14.5. The first-order valence-electron chi connectivity index (χ1n) is 8.22. The first kappa shape index (κ1) is 18.2. The summed E-state index contributed by atoms with van der Waals surface area (Å²) in [6.07, 6.45) is 1.64. The van der Waals surface area contributed by atoms with Crippen molar-refractivity contribution in [2.24, 2.45) is 0 Å². The van der Waals surface area contributed by atoms with Crippen LogP contribution in [-0.2, 0) is 16.1 Å². The van der Waals surface area contributed by atoms with Crippen LogP contribution in [0.3, 0.4) is 0 Å². The number of hydrogen-bond donors (Lipinski definition) is 1. The number of rotatable bonds is 9. The number of nitrogens with zero attached hydrogens (tertiary/aromatic N) is 1. The van der Waals surface area contributed by atoms with Gasteiger partial charge < -0.3 is 14.5 Å². The zero-order chi connectivity index (χ0) is 17.4. The average Bonchev–Trinajstić information content (AvgIpc) is 3.05. The summed E-state index contributed by atoms with van der Waals surface area (Å²) in [6, 6.07) is 11.7. The number of carbonyl (C=O) groups is 1. The number of furan rings is 1.